The number of aromatic nitrogens is 4. The molecule has 0 spiro atoms. The summed E-state index contributed by atoms with van der Waals surface area (Å²) in [6, 6.07) is 39.2. The first-order chi connectivity index (χ1) is 34.3. The predicted molar refractivity (Wildman–Crippen MR) is 312 cm³/mol. The van der Waals surface area contributed by atoms with E-state index in [1.165, 1.54) is 83.5 Å². The first-order valence-corrected chi connectivity index (χ1v) is 27.0. The summed E-state index contributed by atoms with van der Waals surface area (Å²) in [6.45, 7) is 37.7. The fourth-order valence-electron chi connectivity index (χ4n) is 11.6. The van der Waals surface area contributed by atoms with Gasteiger partial charge in [0.15, 0.2) is 0 Å². The zero-order valence-corrected chi connectivity index (χ0v) is 46.1. The van der Waals surface area contributed by atoms with Gasteiger partial charge in [-0.2, -0.15) is 0 Å². The maximum Gasteiger partial charge on any atom is 0.0815 e. The van der Waals surface area contributed by atoms with Gasteiger partial charge >= 0.3 is 0 Å². The summed E-state index contributed by atoms with van der Waals surface area (Å²) in [5.74, 6) is 2.00. The monoisotopic (exact) mass is 951 g/mol. The zero-order valence-electron chi connectivity index (χ0n) is 46.1. The second-order valence-electron chi connectivity index (χ2n) is 23.1. The molecule has 0 radical (unpaired) electrons. The third-order valence-electron chi connectivity index (χ3n) is 15.1. The third kappa shape index (κ3) is 9.27. The molecule has 2 aliphatic rings. The highest BCUT2D eigenvalue weighted by Gasteiger charge is 2.33. The van der Waals surface area contributed by atoms with Gasteiger partial charge in [-0.25, -0.2) is 9.97 Å². The van der Waals surface area contributed by atoms with Crippen molar-refractivity contribution in [3.63, 3.8) is 0 Å². The van der Waals surface area contributed by atoms with E-state index in [0.717, 1.165) is 50.4 Å². The number of rotatable bonds is 12. The molecule has 0 amide bonds. The number of nitrogens with zero attached hydrogens (tertiary/aromatic N) is 2. The SMILES string of the molecule is CC(C)c1cccc(C(C)C)c1C1=Cc2cc3ccc(cc4nc(cc5[nH]c(c(-c6c(C(C)C)cccc6C(C)C)c1n2)c(-c1c(C(C)C)cccc1C(C)C)c5-c1c(C(C)C)cccc1C(C)C)C=C4)[nH]3. The number of hydrogen-bond acceptors (Lipinski definition) is 2. The quantitative estimate of drug-likeness (QED) is 0.128. The molecule has 4 nitrogen and oxygen atoms in total. The van der Waals surface area contributed by atoms with E-state index in [-0.39, 0.29) is 47.3 Å². The molecule has 9 rings (SSSR count). The number of hydrogen-bond donors (Lipinski definition) is 2. The lowest BCUT2D eigenvalue weighted by atomic mass is 9.77. The van der Waals surface area contributed by atoms with Crippen molar-refractivity contribution in [2.45, 2.75) is 158 Å². The minimum absolute atomic E-state index is 0.220. The van der Waals surface area contributed by atoms with Crippen LogP contribution in [0.5, 0.6) is 0 Å². The molecule has 0 aliphatic carbocycles. The maximum atomic E-state index is 6.03. The van der Waals surface area contributed by atoms with E-state index in [1.807, 2.05) is 0 Å². The van der Waals surface area contributed by atoms with Crippen LogP contribution in [0.25, 0.3) is 79.2 Å². The van der Waals surface area contributed by atoms with E-state index in [0.29, 0.717) is 0 Å². The molecule has 4 aromatic carbocycles. The van der Waals surface area contributed by atoms with Crippen LogP contribution in [-0.2, 0) is 0 Å². The van der Waals surface area contributed by atoms with Crippen LogP contribution in [0.1, 0.15) is 231 Å². The first kappa shape index (κ1) is 50.4. The Morgan fingerprint density at radius 1 is 0.319 bits per heavy atom. The fraction of sp³-hybridized carbons (Fsp3) is 0.353. The molecule has 2 N–H and O–H groups in total. The highest BCUT2D eigenvalue weighted by molar-refractivity contribution is 6.13. The molecule has 0 fully saturated rings. The molecule has 8 bridgehead atoms. The number of benzene rings is 4. The van der Waals surface area contributed by atoms with Crippen molar-refractivity contribution < 1.29 is 0 Å². The van der Waals surface area contributed by atoms with Crippen LogP contribution in [0.2, 0.25) is 0 Å². The molecule has 72 heavy (non-hydrogen) atoms. The van der Waals surface area contributed by atoms with E-state index >= 15 is 0 Å². The Balaban J connectivity index is 1.72. The Morgan fingerprint density at radius 2 is 0.667 bits per heavy atom. The molecular weight excluding hydrogens is 873 g/mol. The van der Waals surface area contributed by atoms with Crippen molar-refractivity contribution in [3.8, 4) is 33.4 Å². The molecule has 5 heterocycles. The van der Waals surface area contributed by atoms with E-state index in [1.54, 1.807) is 0 Å². The summed E-state index contributed by atoms with van der Waals surface area (Å²) in [6.07, 6.45) is 6.72. The van der Waals surface area contributed by atoms with Gasteiger partial charge in [0.1, 0.15) is 0 Å². The third-order valence-corrected chi connectivity index (χ3v) is 15.1. The zero-order chi connectivity index (χ0) is 51.4. The van der Waals surface area contributed by atoms with Crippen LogP contribution in [0.15, 0.2) is 103 Å². The van der Waals surface area contributed by atoms with Gasteiger partial charge in [-0.05, 0) is 163 Å². The molecule has 0 unspecified atom stereocenters. The highest BCUT2D eigenvalue weighted by atomic mass is 14.8. The number of H-pyrrole nitrogens is 2. The van der Waals surface area contributed by atoms with Gasteiger partial charge in [-0.1, -0.05) is 184 Å². The van der Waals surface area contributed by atoms with Gasteiger partial charge in [0.25, 0.3) is 0 Å². The predicted octanol–water partition coefficient (Wildman–Crippen LogP) is 20.1. The molecule has 0 saturated carbocycles. The summed E-state index contributed by atoms with van der Waals surface area (Å²) < 4.78 is 0. The Labute approximate surface area is 431 Å². The Hall–Kier alpha value is -6.52. The Kier molecular flexibility index (Phi) is 14.1. The van der Waals surface area contributed by atoms with E-state index < -0.39 is 0 Å². The normalized spacial score (nSPS) is 12.9. The summed E-state index contributed by atoms with van der Waals surface area (Å²) in [4.78, 5) is 19.5. The molecule has 7 aromatic rings. The lowest BCUT2D eigenvalue weighted by Crippen LogP contribution is -2.07. The van der Waals surface area contributed by atoms with Gasteiger partial charge in [-0.3, -0.25) is 0 Å². The topological polar surface area (TPSA) is 57.4 Å². The van der Waals surface area contributed by atoms with Crippen LogP contribution >= 0.6 is 0 Å². The van der Waals surface area contributed by atoms with E-state index in [9.17, 15) is 0 Å². The van der Waals surface area contributed by atoms with E-state index in [4.69, 9.17) is 9.97 Å². The first-order valence-electron chi connectivity index (χ1n) is 27.0. The number of nitrogens with one attached hydrogen (secondary N) is 2. The fourth-order valence-corrected chi connectivity index (χ4v) is 11.6. The van der Waals surface area contributed by atoms with Gasteiger partial charge in [0.05, 0.1) is 28.3 Å². The second kappa shape index (κ2) is 20.2. The number of fused-ring (bicyclic) bond motifs is 8. The van der Waals surface area contributed by atoms with Crippen LogP contribution in [0, 0.1) is 0 Å². The summed E-state index contributed by atoms with van der Waals surface area (Å²) in [5.41, 5.74) is 28.6. The van der Waals surface area contributed by atoms with Gasteiger partial charge in [0.2, 0.25) is 0 Å². The van der Waals surface area contributed by atoms with Crippen LogP contribution in [0.3, 0.4) is 0 Å². The average molecular weight is 951 g/mol. The van der Waals surface area contributed by atoms with Crippen LogP contribution in [0.4, 0.5) is 0 Å². The summed E-state index contributed by atoms with van der Waals surface area (Å²) in [7, 11) is 0. The van der Waals surface area contributed by atoms with Gasteiger partial charge in [0, 0.05) is 38.8 Å². The lowest BCUT2D eigenvalue weighted by Gasteiger charge is -2.26. The molecule has 0 atom stereocenters. The van der Waals surface area contributed by atoms with Crippen molar-refractivity contribution in [1.29, 1.82) is 0 Å². The second-order valence-corrected chi connectivity index (χ2v) is 23.1. The molecular formula is C68H78N4. The van der Waals surface area contributed by atoms with Crippen LogP contribution in [-0.4, -0.2) is 19.9 Å². The highest BCUT2D eigenvalue weighted by Crippen LogP contribution is 2.54. The molecule has 0 saturated heterocycles. The van der Waals surface area contributed by atoms with Crippen molar-refractivity contribution in [2.75, 3.05) is 0 Å². The Bertz CT molecular complexity index is 3320. The van der Waals surface area contributed by atoms with Crippen molar-refractivity contribution in [1.82, 2.24) is 19.9 Å². The van der Waals surface area contributed by atoms with Crippen LogP contribution < -0.4 is 0 Å². The maximum absolute atomic E-state index is 6.03. The molecule has 2 aliphatic heterocycles. The molecule has 4 heteroatoms. The Morgan fingerprint density at radius 3 is 1.07 bits per heavy atom. The summed E-state index contributed by atoms with van der Waals surface area (Å²) >= 11 is 0. The minimum atomic E-state index is 0.220. The smallest absolute Gasteiger partial charge is 0.0815 e. The number of aromatic amines is 2. The average Bonchev–Trinajstić information content (AvgIpc) is 4.15. The van der Waals surface area contributed by atoms with Gasteiger partial charge in [-0.15, -0.1) is 0 Å². The molecule has 3 aromatic heterocycles. The minimum Gasteiger partial charge on any atom is -0.355 e. The summed E-state index contributed by atoms with van der Waals surface area (Å²) in [5, 5.41) is 0. The lowest BCUT2D eigenvalue weighted by molar-refractivity contribution is 0.827. The van der Waals surface area contributed by atoms with Crippen molar-refractivity contribution in [3.05, 3.63) is 176 Å². The molecule has 370 valence electrons. The standard InChI is InChI=1S/C68H78N4/c1-37(2)50-21-17-22-51(38(3)4)60(50)58-35-49-34-47-30-29-45(69-47)33-46-31-32-48(70-46)36-59-64(61-52(39(5)6)23-18-24-53(61)40(7)8)65(62-54(41(9)10)25-19-26-55(62)42(11)12)68(72-59)66(67(58)71-49)63-56(43(13)14)27-20-28-57(63)44(15)16/h17-44,69,72H,1-16H3. The van der Waals surface area contributed by atoms with Crippen molar-refractivity contribution >= 4 is 45.9 Å². The van der Waals surface area contributed by atoms with Crippen molar-refractivity contribution in [2.24, 2.45) is 0 Å². The van der Waals surface area contributed by atoms with E-state index in [2.05, 4.69) is 242 Å². The van der Waals surface area contributed by atoms with Gasteiger partial charge < -0.3 is 9.97 Å². The largest absolute Gasteiger partial charge is 0.355 e.